The first kappa shape index (κ1) is 14.9. The predicted molar refractivity (Wildman–Crippen MR) is 77.9 cm³/mol. The number of benzene rings is 1. The van der Waals surface area contributed by atoms with Crippen LogP contribution in [0.5, 0.6) is 5.75 Å². The number of ether oxygens (including phenoxy) is 1. The van der Waals surface area contributed by atoms with Crippen molar-refractivity contribution in [1.29, 1.82) is 5.26 Å². The minimum atomic E-state index is -0.794. The molecule has 0 unspecified atom stereocenters. The molecule has 0 fully saturated rings. The number of nitrogens with zero attached hydrogens (tertiary/aromatic N) is 1. The third-order valence-electron chi connectivity index (χ3n) is 3.49. The van der Waals surface area contributed by atoms with E-state index >= 15 is 0 Å². The Bertz CT molecular complexity index is 640. The van der Waals surface area contributed by atoms with Crippen molar-refractivity contribution in [3.63, 3.8) is 0 Å². The number of Topliss-reactive ketones (excluding diaryl/α,β-unsaturated/α-hetero) is 1. The maximum Gasteiger partial charge on any atom is 0.150 e. The number of para-hydroxylation sites is 1. The molecule has 0 N–H and O–H groups in total. The van der Waals surface area contributed by atoms with E-state index in [-0.39, 0.29) is 5.78 Å². The molecular weight excluding hydrogens is 266 g/mol. The molecule has 2 aromatic rings. The Morgan fingerprint density at radius 3 is 2.67 bits per heavy atom. The van der Waals surface area contributed by atoms with E-state index in [0.717, 1.165) is 5.56 Å². The van der Waals surface area contributed by atoms with Gasteiger partial charge >= 0.3 is 0 Å². The van der Waals surface area contributed by atoms with E-state index in [2.05, 4.69) is 6.07 Å². The van der Waals surface area contributed by atoms with E-state index in [1.54, 1.807) is 32.4 Å². The summed E-state index contributed by atoms with van der Waals surface area (Å²) in [5, 5.41) is 9.47. The Morgan fingerprint density at radius 1 is 1.33 bits per heavy atom. The second kappa shape index (κ2) is 6.76. The molecule has 0 amide bonds. The first-order valence-corrected chi connectivity index (χ1v) is 6.81. The highest BCUT2D eigenvalue weighted by molar-refractivity contribution is 5.84. The summed E-state index contributed by atoms with van der Waals surface area (Å²) in [6.07, 6.45) is 1.85. The zero-order valence-corrected chi connectivity index (χ0v) is 12.1. The van der Waals surface area contributed by atoms with Gasteiger partial charge in [-0.25, -0.2) is 0 Å². The van der Waals surface area contributed by atoms with Crippen LogP contribution < -0.4 is 4.74 Å². The average molecular weight is 283 g/mol. The molecule has 1 aromatic heterocycles. The Hall–Kier alpha value is -2.54. The number of carbonyl (C=O) groups excluding carboxylic acids is 1. The van der Waals surface area contributed by atoms with Gasteiger partial charge in [0.05, 0.1) is 25.4 Å². The summed E-state index contributed by atoms with van der Waals surface area (Å²) in [5.74, 6) is -0.133. The van der Waals surface area contributed by atoms with Crippen LogP contribution in [0.1, 0.15) is 30.6 Å². The van der Waals surface area contributed by atoms with Gasteiger partial charge in [-0.3, -0.25) is 4.79 Å². The molecule has 0 aliphatic heterocycles. The lowest BCUT2D eigenvalue weighted by Gasteiger charge is -2.21. The molecule has 2 rings (SSSR count). The first-order chi connectivity index (χ1) is 10.2. The average Bonchev–Trinajstić information content (AvgIpc) is 3.05. The van der Waals surface area contributed by atoms with Crippen molar-refractivity contribution >= 4 is 5.78 Å². The third kappa shape index (κ3) is 2.97. The molecule has 21 heavy (non-hydrogen) atoms. The van der Waals surface area contributed by atoms with E-state index in [9.17, 15) is 10.1 Å². The number of hydrogen-bond donors (Lipinski definition) is 0. The number of nitriles is 1. The van der Waals surface area contributed by atoms with Crippen LogP contribution in [0.2, 0.25) is 0 Å². The van der Waals surface area contributed by atoms with Crippen molar-refractivity contribution in [2.24, 2.45) is 5.92 Å². The molecule has 108 valence electrons. The molecule has 4 nitrogen and oxygen atoms in total. The lowest BCUT2D eigenvalue weighted by atomic mass is 9.81. The zero-order chi connectivity index (χ0) is 15.2. The fraction of sp³-hybridized carbons (Fsp3) is 0.294. The van der Waals surface area contributed by atoms with Gasteiger partial charge in [0.2, 0.25) is 0 Å². The molecule has 1 heterocycles. The normalized spacial score (nSPS) is 13.2. The van der Waals surface area contributed by atoms with Crippen molar-refractivity contribution in [2.45, 2.75) is 19.3 Å². The number of methoxy groups -OCH3 is 1. The summed E-state index contributed by atoms with van der Waals surface area (Å²) in [4.78, 5) is 12.1. The number of furan rings is 1. The molecule has 1 aromatic carbocycles. The topological polar surface area (TPSA) is 63.2 Å². The molecule has 0 aliphatic rings. The van der Waals surface area contributed by atoms with Crippen LogP contribution in [0.4, 0.5) is 0 Å². The van der Waals surface area contributed by atoms with Crippen molar-refractivity contribution in [3.8, 4) is 11.8 Å². The van der Waals surface area contributed by atoms with Crippen LogP contribution in [0.15, 0.2) is 47.1 Å². The molecular formula is C17H17NO3. The molecule has 0 saturated carbocycles. The fourth-order valence-corrected chi connectivity index (χ4v) is 2.44. The van der Waals surface area contributed by atoms with Gasteiger partial charge in [0, 0.05) is 12.0 Å². The summed E-state index contributed by atoms with van der Waals surface area (Å²) >= 11 is 0. The van der Waals surface area contributed by atoms with E-state index in [1.165, 1.54) is 0 Å². The largest absolute Gasteiger partial charge is 0.496 e. The van der Waals surface area contributed by atoms with E-state index in [1.807, 2.05) is 24.3 Å². The lowest BCUT2D eigenvalue weighted by molar-refractivity contribution is -0.121. The maximum absolute atomic E-state index is 12.1. The minimum Gasteiger partial charge on any atom is -0.496 e. The summed E-state index contributed by atoms with van der Waals surface area (Å²) in [6.45, 7) is 1.76. The van der Waals surface area contributed by atoms with Crippen molar-refractivity contribution in [1.82, 2.24) is 0 Å². The molecule has 4 heteroatoms. The summed E-state index contributed by atoms with van der Waals surface area (Å²) in [7, 11) is 1.57. The monoisotopic (exact) mass is 283 g/mol. The van der Waals surface area contributed by atoms with Gasteiger partial charge in [0.15, 0.2) is 5.78 Å². The second-order valence-electron chi connectivity index (χ2n) is 4.66. The van der Waals surface area contributed by atoms with Crippen LogP contribution >= 0.6 is 0 Å². The Labute approximate surface area is 124 Å². The highest BCUT2D eigenvalue weighted by atomic mass is 16.5. The summed E-state index contributed by atoms with van der Waals surface area (Å²) in [5.41, 5.74) is 0.781. The molecule has 0 radical (unpaired) electrons. The standard InChI is InChI=1S/C17H17NO3/c1-3-14(19)13(11-18)17(16-9-6-10-21-16)12-7-4-5-8-15(12)20-2/h4-10,13,17H,3H2,1-2H3/t13-,17+/m1/s1. The highest BCUT2D eigenvalue weighted by Crippen LogP contribution is 2.38. The second-order valence-corrected chi connectivity index (χ2v) is 4.66. The number of hydrogen-bond acceptors (Lipinski definition) is 4. The van der Waals surface area contributed by atoms with Crippen molar-refractivity contribution in [3.05, 3.63) is 54.0 Å². The molecule has 0 bridgehead atoms. The fourth-order valence-electron chi connectivity index (χ4n) is 2.44. The van der Waals surface area contributed by atoms with Gasteiger partial charge in [-0.1, -0.05) is 25.1 Å². The van der Waals surface area contributed by atoms with Crippen LogP contribution in [-0.2, 0) is 4.79 Å². The van der Waals surface area contributed by atoms with E-state index < -0.39 is 11.8 Å². The van der Waals surface area contributed by atoms with Gasteiger partial charge in [-0.15, -0.1) is 0 Å². The summed E-state index contributed by atoms with van der Waals surface area (Å²) in [6, 6.07) is 13.0. The smallest absolute Gasteiger partial charge is 0.150 e. The Kier molecular flexibility index (Phi) is 4.78. The Morgan fingerprint density at radius 2 is 2.10 bits per heavy atom. The quantitative estimate of drug-likeness (QED) is 0.813. The summed E-state index contributed by atoms with van der Waals surface area (Å²) < 4.78 is 10.8. The van der Waals surface area contributed by atoms with Crippen LogP contribution in [0.25, 0.3) is 0 Å². The SMILES string of the molecule is CCC(=O)[C@@H](C#N)[C@@H](c1ccco1)c1ccccc1OC. The van der Waals surface area contributed by atoms with Crippen LogP contribution in [-0.4, -0.2) is 12.9 Å². The molecule has 0 saturated heterocycles. The Balaban J connectivity index is 2.57. The molecule has 0 spiro atoms. The maximum atomic E-state index is 12.1. The number of ketones is 1. The zero-order valence-electron chi connectivity index (χ0n) is 12.1. The van der Waals surface area contributed by atoms with Gasteiger partial charge in [-0.05, 0) is 18.2 Å². The van der Waals surface area contributed by atoms with Crippen molar-refractivity contribution in [2.75, 3.05) is 7.11 Å². The number of carbonyl (C=O) groups is 1. The molecule has 2 atom stereocenters. The first-order valence-electron chi connectivity index (χ1n) is 6.81. The van der Waals surface area contributed by atoms with Gasteiger partial charge < -0.3 is 9.15 Å². The van der Waals surface area contributed by atoms with Gasteiger partial charge in [0.1, 0.15) is 17.4 Å². The van der Waals surface area contributed by atoms with E-state index in [0.29, 0.717) is 17.9 Å². The van der Waals surface area contributed by atoms with Gasteiger partial charge in [-0.2, -0.15) is 5.26 Å². The predicted octanol–water partition coefficient (Wildman–Crippen LogP) is 3.54. The van der Waals surface area contributed by atoms with Gasteiger partial charge in [0.25, 0.3) is 0 Å². The van der Waals surface area contributed by atoms with Crippen LogP contribution in [0, 0.1) is 17.2 Å². The van der Waals surface area contributed by atoms with Crippen molar-refractivity contribution < 1.29 is 13.9 Å². The number of rotatable bonds is 6. The minimum absolute atomic E-state index is 0.107. The molecule has 0 aliphatic carbocycles. The third-order valence-corrected chi connectivity index (χ3v) is 3.49. The highest BCUT2D eigenvalue weighted by Gasteiger charge is 2.33. The van der Waals surface area contributed by atoms with E-state index in [4.69, 9.17) is 9.15 Å². The van der Waals surface area contributed by atoms with Crippen LogP contribution in [0.3, 0.4) is 0 Å². The lowest BCUT2D eigenvalue weighted by Crippen LogP contribution is -2.21.